The van der Waals surface area contributed by atoms with Gasteiger partial charge in [0, 0.05) is 9.90 Å². The zero-order chi connectivity index (χ0) is 17.5. The van der Waals surface area contributed by atoms with Crippen molar-refractivity contribution in [2.24, 2.45) is 0 Å². The molecule has 2 aliphatic rings. The fourth-order valence-electron chi connectivity index (χ4n) is 4.43. The topological polar surface area (TPSA) is 35.0 Å². The molecule has 0 amide bonds. The van der Waals surface area contributed by atoms with Crippen LogP contribution in [0, 0.1) is 0 Å². The standard InChI is InChI=1S/C21H21ClN2OS/c22-14-9-10-17(16(11-14)13-5-2-1-3-6-13)25-20-19-15-7-4-8-18(15)26-21(19)24-12-23-20/h9-13H,1-8H2. The molecule has 0 unspecified atom stereocenters. The first-order valence-corrected chi connectivity index (χ1v) is 10.7. The number of hydrogen-bond acceptors (Lipinski definition) is 4. The average Bonchev–Trinajstić information content (AvgIpc) is 3.25. The van der Waals surface area contributed by atoms with Crippen LogP contribution in [0.15, 0.2) is 24.5 Å². The Kier molecular flexibility index (Phi) is 4.33. The van der Waals surface area contributed by atoms with E-state index in [0.717, 1.165) is 33.8 Å². The Morgan fingerprint density at radius 1 is 1.04 bits per heavy atom. The van der Waals surface area contributed by atoms with Gasteiger partial charge in [0.1, 0.15) is 16.9 Å². The third-order valence-electron chi connectivity index (χ3n) is 5.69. The van der Waals surface area contributed by atoms with Crippen molar-refractivity contribution < 1.29 is 4.74 Å². The smallest absolute Gasteiger partial charge is 0.231 e. The molecule has 2 aliphatic carbocycles. The fraction of sp³-hybridized carbons (Fsp3) is 0.429. The highest BCUT2D eigenvalue weighted by Crippen LogP contribution is 2.44. The van der Waals surface area contributed by atoms with Crippen LogP contribution in [0.5, 0.6) is 11.6 Å². The lowest BCUT2D eigenvalue weighted by atomic mass is 9.84. The van der Waals surface area contributed by atoms with E-state index in [4.69, 9.17) is 16.3 Å². The van der Waals surface area contributed by atoms with Gasteiger partial charge in [-0.2, -0.15) is 0 Å². The predicted molar refractivity (Wildman–Crippen MR) is 107 cm³/mol. The minimum atomic E-state index is 0.531. The van der Waals surface area contributed by atoms with E-state index in [0.29, 0.717) is 11.8 Å². The molecule has 0 aliphatic heterocycles. The Bertz CT molecular complexity index is 962. The highest BCUT2D eigenvalue weighted by molar-refractivity contribution is 7.18. The summed E-state index contributed by atoms with van der Waals surface area (Å²) in [7, 11) is 0. The molecule has 3 aromatic rings. The Morgan fingerprint density at radius 2 is 1.92 bits per heavy atom. The van der Waals surface area contributed by atoms with Crippen molar-refractivity contribution in [1.29, 1.82) is 0 Å². The molecule has 0 radical (unpaired) electrons. The Balaban J connectivity index is 1.57. The van der Waals surface area contributed by atoms with Gasteiger partial charge < -0.3 is 4.74 Å². The minimum absolute atomic E-state index is 0.531. The molecule has 0 saturated heterocycles. The molecule has 5 rings (SSSR count). The van der Waals surface area contributed by atoms with E-state index in [9.17, 15) is 0 Å². The van der Waals surface area contributed by atoms with Crippen LogP contribution in [0.2, 0.25) is 5.02 Å². The number of thiophene rings is 1. The van der Waals surface area contributed by atoms with Crippen LogP contribution in [0.1, 0.15) is 60.4 Å². The van der Waals surface area contributed by atoms with E-state index in [1.54, 1.807) is 17.7 Å². The van der Waals surface area contributed by atoms with E-state index in [-0.39, 0.29) is 0 Å². The third kappa shape index (κ3) is 2.89. The van der Waals surface area contributed by atoms with Gasteiger partial charge in [0.25, 0.3) is 0 Å². The molecule has 1 fully saturated rings. The van der Waals surface area contributed by atoms with Crippen molar-refractivity contribution in [1.82, 2.24) is 9.97 Å². The normalized spacial score (nSPS) is 17.6. The van der Waals surface area contributed by atoms with Crippen LogP contribution in [-0.4, -0.2) is 9.97 Å². The molecule has 1 saturated carbocycles. The second kappa shape index (κ2) is 6.82. The first-order chi connectivity index (χ1) is 12.8. The Morgan fingerprint density at radius 3 is 2.81 bits per heavy atom. The number of aryl methyl sites for hydroxylation is 2. The van der Waals surface area contributed by atoms with Gasteiger partial charge in [0.05, 0.1) is 5.39 Å². The van der Waals surface area contributed by atoms with Crippen LogP contribution in [-0.2, 0) is 12.8 Å². The molecular weight excluding hydrogens is 364 g/mol. The van der Waals surface area contributed by atoms with Gasteiger partial charge >= 0.3 is 0 Å². The van der Waals surface area contributed by atoms with Crippen LogP contribution >= 0.6 is 22.9 Å². The van der Waals surface area contributed by atoms with Gasteiger partial charge in [-0.3, -0.25) is 0 Å². The molecule has 5 heteroatoms. The second-order valence-corrected chi connectivity index (χ2v) is 8.86. The van der Waals surface area contributed by atoms with E-state index in [2.05, 4.69) is 16.0 Å². The molecule has 0 spiro atoms. The molecule has 0 bridgehead atoms. The molecular formula is C21H21ClN2OS. The van der Waals surface area contributed by atoms with Crippen molar-refractivity contribution in [2.45, 2.75) is 57.3 Å². The monoisotopic (exact) mass is 384 g/mol. The number of halogens is 1. The lowest BCUT2D eigenvalue weighted by Gasteiger charge is -2.24. The highest BCUT2D eigenvalue weighted by atomic mass is 35.5. The van der Waals surface area contributed by atoms with Crippen molar-refractivity contribution >= 4 is 33.2 Å². The quantitative estimate of drug-likeness (QED) is 0.505. The van der Waals surface area contributed by atoms with Crippen molar-refractivity contribution in [3.8, 4) is 11.6 Å². The minimum Gasteiger partial charge on any atom is -0.438 e. The molecule has 26 heavy (non-hydrogen) atoms. The summed E-state index contributed by atoms with van der Waals surface area (Å²) in [5, 5.41) is 1.90. The van der Waals surface area contributed by atoms with E-state index in [1.807, 2.05) is 12.1 Å². The van der Waals surface area contributed by atoms with Gasteiger partial charge in [-0.05, 0) is 67.3 Å². The first-order valence-electron chi connectivity index (χ1n) is 9.52. The Labute approximate surface area is 162 Å². The van der Waals surface area contributed by atoms with E-state index < -0.39 is 0 Å². The summed E-state index contributed by atoms with van der Waals surface area (Å²) in [6.07, 6.45) is 11.4. The van der Waals surface area contributed by atoms with Crippen LogP contribution in [0.4, 0.5) is 0 Å². The summed E-state index contributed by atoms with van der Waals surface area (Å²) >= 11 is 8.11. The van der Waals surface area contributed by atoms with Gasteiger partial charge in [-0.15, -0.1) is 11.3 Å². The van der Waals surface area contributed by atoms with Gasteiger partial charge in [-0.25, -0.2) is 9.97 Å². The maximum Gasteiger partial charge on any atom is 0.231 e. The van der Waals surface area contributed by atoms with Crippen molar-refractivity contribution in [2.75, 3.05) is 0 Å². The number of aromatic nitrogens is 2. The van der Waals surface area contributed by atoms with Crippen LogP contribution in [0.3, 0.4) is 0 Å². The summed E-state index contributed by atoms with van der Waals surface area (Å²) in [5.41, 5.74) is 2.63. The van der Waals surface area contributed by atoms with Crippen LogP contribution < -0.4 is 4.74 Å². The summed E-state index contributed by atoms with van der Waals surface area (Å²) < 4.78 is 6.41. The van der Waals surface area contributed by atoms with E-state index >= 15 is 0 Å². The molecule has 0 N–H and O–H groups in total. The lowest BCUT2D eigenvalue weighted by Crippen LogP contribution is -2.06. The van der Waals surface area contributed by atoms with Gasteiger partial charge in [0.15, 0.2) is 0 Å². The third-order valence-corrected chi connectivity index (χ3v) is 7.12. The summed E-state index contributed by atoms with van der Waals surface area (Å²) in [5.74, 6) is 2.14. The number of fused-ring (bicyclic) bond motifs is 3. The maximum absolute atomic E-state index is 6.41. The van der Waals surface area contributed by atoms with Crippen LogP contribution in [0.25, 0.3) is 10.2 Å². The average molecular weight is 385 g/mol. The number of ether oxygens (including phenoxy) is 1. The molecule has 0 atom stereocenters. The Hall–Kier alpha value is -1.65. The molecule has 1 aromatic carbocycles. The van der Waals surface area contributed by atoms with Crippen molar-refractivity contribution in [3.63, 3.8) is 0 Å². The number of rotatable bonds is 3. The zero-order valence-corrected chi connectivity index (χ0v) is 16.2. The summed E-state index contributed by atoms with van der Waals surface area (Å²) in [6, 6.07) is 6.01. The molecule has 2 aromatic heterocycles. The zero-order valence-electron chi connectivity index (χ0n) is 14.6. The largest absolute Gasteiger partial charge is 0.438 e. The second-order valence-electron chi connectivity index (χ2n) is 7.34. The van der Waals surface area contributed by atoms with Gasteiger partial charge in [-0.1, -0.05) is 30.9 Å². The SMILES string of the molecule is Clc1ccc(Oc2ncnc3sc4c(c23)CCC4)c(C2CCCCC2)c1. The number of hydrogen-bond donors (Lipinski definition) is 0. The number of nitrogens with zero attached hydrogens (tertiary/aromatic N) is 2. The molecule has 3 nitrogen and oxygen atoms in total. The number of benzene rings is 1. The van der Waals surface area contributed by atoms with Gasteiger partial charge in [0.2, 0.25) is 5.88 Å². The molecule has 134 valence electrons. The summed E-state index contributed by atoms with van der Waals surface area (Å²) in [6.45, 7) is 0. The maximum atomic E-state index is 6.41. The molecule has 2 heterocycles. The fourth-order valence-corrected chi connectivity index (χ4v) is 5.83. The summed E-state index contributed by atoms with van der Waals surface area (Å²) in [4.78, 5) is 11.5. The van der Waals surface area contributed by atoms with E-state index in [1.165, 1.54) is 54.5 Å². The predicted octanol–water partition coefficient (Wildman–Crippen LogP) is 6.67. The lowest BCUT2D eigenvalue weighted by molar-refractivity contribution is 0.415. The van der Waals surface area contributed by atoms with Crippen molar-refractivity contribution in [3.05, 3.63) is 45.6 Å². The highest BCUT2D eigenvalue weighted by Gasteiger charge is 2.24. The first kappa shape index (κ1) is 16.5.